The van der Waals surface area contributed by atoms with Crippen molar-refractivity contribution in [3.63, 3.8) is 0 Å². The van der Waals surface area contributed by atoms with Gasteiger partial charge in [-0.3, -0.25) is 9.89 Å². The number of hydrogen-bond donors (Lipinski definition) is 2. The number of H-pyrrole nitrogens is 1. The number of amides is 1. The third-order valence-electron chi connectivity index (χ3n) is 3.55. The van der Waals surface area contributed by atoms with E-state index in [0.29, 0.717) is 11.4 Å². The van der Waals surface area contributed by atoms with E-state index in [0.717, 1.165) is 37.3 Å². The molecule has 1 fully saturated rings. The molecular formula is C15H17FN4O. The molecule has 21 heavy (non-hydrogen) atoms. The van der Waals surface area contributed by atoms with Gasteiger partial charge in [0.25, 0.3) is 5.91 Å². The van der Waals surface area contributed by atoms with Gasteiger partial charge < -0.3 is 10.2 Å². The molecule has 2 heterocycles. The van der Waals surface area contributed by atoms with Crippen molar-refractivity contribution in [3.05, 3.63) is 41.5 Å². The lowest BCUT2D eigenvalue weighted by atomic mass is 10.2. The first-order valence-corrected chi connectivity index (χ1v) is 7.01. The molecule has 0 radical (unpaired) electrons. The summed E-state index contributed by atoms with van der Waals surface area (Å²) in [6.07, 6.45) is 2.23. The van der Waals surface area contributed by atoms with Gasteiger partial charge >= 0.3 is 0 Å². The molecule has 5 nitrogen and oxygen atoms in total. The molecule has 1 aromatic carbocycles. The van der Waals surface area contributed by atoms with E-state index in [1.807, 2.05) is 6.92 Å². The lowest BCUT2D eigenvalue weighted by Gasteiger charge is -2.18. The summed E-state index contributed by atoms with van der Waals surface area (Å²) < 4.78 is 13.7. The first kappa shape index (κ1) is 13.6. The van der Waals surface area contributed by atoms with Crippen LogP contribution in [-0.4, -0.2) is 29.2 Å². The number of carbonyl (C=O) groups excluding carboxylic acids is 1. The summed E-state index contributed by atoms with van der Waals surface area (Å²) in [6, 6.07) is 6.26. The minimum Gasteiger partial charge on any atom is -0.371 e. The number of benzene rings is 1. The highest BCUT2D eigenvalue weighted by Crippen LogP contribution is 2.25. The fourth-order valence-electron chi connectivity index (χ4n) is 2.53. The number of anilines is 2. The Morgan fingerprint density at radius 2 is 2.05 bits per heavy atom. The van der Waals surface area contributed by atoms with Crippen molar-refractivity contribution in [1.29, 1.82) is 0 Å². The van der Waals surface area contributed by atoms with Gasteiger partial charge in [-0.1, -0.05) is 0 Å². The molecule has 1 amide bonds. The SMILES string of the molecule is Cc1cc(C(=O)Nc2cc(F)cc(N3CCCC3)c2)n[nH]1. The zero-order valence-electron chi connectivity index (χ0n) is 11.8. The average molecular weight is 288 g/mol. The van der Waals surface area contributed by atoms with Gasteiger partial charge in [-0.15, -0.1) is 0 Å². The quantitative estimate of drug-likeness (QED) is 0.913. The number of nitrogens with zero attached hydrogens (tertiary/aromatic N) is 2. The number of hydrogen-bond acceptors (Lipinski definition) is 3. The molecule has 0 saturated carbocycles. The van der Waals surface area contributed by atoms with E-state index in [2.05, 4.69) is 20.4 Å². The average Bonchev–Trinajstić information content (AvgIpc) is 3.08. The first-order chi connectivity index (χ1) is 10.1. The topological polar surface area (TPSA) is 61.0 Å². The maximum Gasteiger partial charge on any atom is 0.276 e. The Bertz CT molecular complexity index is 661. The van der Waals surface area contributed by atoms with E-state index < -0.39 is 0 Å². The summed E-state index contributed by atoms with van der Waals surface area (Å²) in [5.41, 5.74) is 2.35. The van der Waals surface area contributed by atoms with Crippen molar-refractivity contribution in [2.24, 2.45) is 0 Å². The maximum absolute atomic E-state index is 13.7. The molecule has 2 aromatic rings. The Kier molecular flexibility index (Phi) is 3.60. The molecular weight excluding hydrogens is 271 g/mol. The van der Waals surface area contributed by atoms with Crippen LogP contribution in [0.25, 0.3) is 0 Å². The van der Waals surface area contributed by atoms with Gasteiger partial charge in [-0.25, -0.2) is 4.39 Å². The van der Waals surface area contributed by atoms with E-state index >= 15 is 0 Å². The van der Waals surface area contributed by atoms with Crippen molar-refractivity contribution < 1.29 is 9.18 Å². The van der Waals surface area contributed by atoms with Crippen molar-refractivity contribution in [2.45, 2.75) is 19.8 Å². The monoisotopic (exact) mass is 288 g/mol. The first-order valence-electron chi connectivity index (χ1n) is 7.01. The summed E-state index contributed by atoms with van der Waals surface area (Å²) >= 11 is 0. The van der Waals surface area contributed by atoms with Crippen molar-refractivity contribution in [2.75, 3.05) is 23.3 Å². The van der Waals surface area contributed by atoms with Crippen LogP contribution in [0.1, 0.15) is 29.0 Å². The van der Waals surface area contributed by atoms with Crippen LogP contribution < -0.4 is 10.2 Å². The van der Waals surface area contributed by atoms with E-state index in [1.54, 1.807) is 12.1 Å². The lowest BCUT2D eigenvalue weighted by molar-refractivity contribution is 0.102. The Morgan fingerprint density at radius 3 is 2.71 bits per heavy atom. The molecule has 6 heteroatoms. The molecule has 2 N–H and O–H groups in total. The number of carbonyl (C=O) groups is 1. The van der Waals surface area contributed by atoms with E-state index in [1.165, 1.54) is 12.1 Å². The predicted molar refractivity (Wildman–Crippen MR) is 79.1 cm³/mol. The number of halogens is 1. The van der Waals surface area contributed by atoms with Crippen molar-refractivity contribution in [3.8, 4) is 0 Å². The van der Waals surface area contributed by atoms with Crippen LogP contribution in [0.2, 0.25) is 0 Å². The summed E-state index contributed by atoms with van der Waals surface area (Å²) in [5.74, 6) is -0.703. The Hall–Kier alpha value is -2.37. The smallest absolute Gasteiger partial charge is 0.276 e. The fourth-order valence-corrected chi connectivity index (χ4v) is 2.53. The van der Waals surface area contributed by atoms with Gasteiger partial charge in [0, 0.05) is 30.2 Å². The van der Waals surface area contributed by atoms with Crippen LogP contribution in [0.5, 0.6) is 0 Å². The van der Waals surface area contributed by atoms with Gasteiger partial charge in [0.1, 0.15) is 5.82 Å². The van der Waals surface area contributed by atoms with Crippen LogP contribution in [0.4, 0.5) is 15.8 Å². The highest BCUT2D eigenvalue weighted by Gasteiger charge is 2.15. The zero-order valence-corrected chi connectivity index (χ0v) is 11.8. The second-order valence-electron chi connectivity index (χ2n) is 5.28. The zero-order chi connectivity index (χ0) is 14.8. The molecule has 0 spiro atoms. The molecule has 1 aliphatic heterocycles. The van der Waals surface area contributed by atoms with E-state index in [4.69, 9.17) is 0 Å². The van der Waals surface area contributed by atoms with Crippen LogP contribution in [0, 0.1) is 12.7 Å². The Labute approximate surface area is 122 Å². The highest BCUT2D eigenvalue weighted by atomic mass is 19.1. The van der Waals surface area contributed by atoms with Crippen LogP contribution in [-0.2, 0) is 0 Å². The number of nitrogens with one attached hydrogen (secondary N) is 2. The maximum atomic E-state index is 13.7. The fraction of sp³-hybridized carbons (Fsp3) is 0.333. The Morgan fingerprint density at radius 1 is 1.29 bits per heavy atom. The summed E-state index contributed by atoms with van der Waals surface area (Å²) in [4.78, 5) is 14.2. The van der Waals surface area contributed by atoms with Crippen molar-refractivity contribution in [1.82, 2.24) is 10.2 Å². The van der Waals surface area contributed by atoms with Gasteiger partial charge in [-0.05, 0) is 44.0 Å². The molecule has 1 saturated heterocycles. The van der Waals surface area contributed by atoms with Crippen LogP contribution in [0.3, 0.4) is 0 Å². The Balaban J connectivity index is 1.80. The molecule has 1 aliphatic rings. The van der Waals surface area contributed by atoms with Gasteiger partial charge in [0.15, 0.2) is 5.69 Å². The summed E-state index contributed by atoms with van der Waals surface area (Å²) in [5, 5.41) is 9.29. The molecule has 3 rings (SSSR count). The lowest BCUT2D eigenvalue weighted by Crippen LogP contribution is -2.18. The van der Waals surface area contributed by atoms with Crippen LogP contribution in [0.15, 0.2) is 24.3 Å². The molecule has 110 valence electrons. The summed E-state index contributed by atoms with van der Waals surface area (Å²) in [6.45, 7) is 3.67. The van der Waals surface area contributed by atoms with E-state index in [9.17, 15) is 9.18 Å². The number of rotatable bonds is 3. The number of aromatic amines is 1. The normalized spacial score (nSPS) is 14.5. The van der Waals surface area contributed by atoms with Crippen LogP contribution >= 0.6 is 0 Å². The minimum absolute atomic E-state index is 0.291. The highest BCUT2D eigenvalue weighted by molar-refractivity contribution is 6.03. The molecule has 1 aromatic heterocycles. The molecule has 0 atom stereocenters. The van der Waals surface area contributed by atoms with E-state index in [-0.39, 0.29) is 11.7 Å². The van der Waals surface area contributed by atoms with Gasteiger partial charge in [0.05, 0.1) is 0 Å². The van der Waals surface area contributed by atoms with Gasteiger partial charge in [-0.2, -0.15) is 5.10 Å². The second kappa shape index (κ2) is 5.55. The predicted octanol–water partition coefficient (Wildman–Crippen LogP) is 2.71. The largest absolute Gasteiger partial charge is 0.371 e. The third kappa shape index (κ3) is 3.04. The standard InChI is InChI=1S/C15H17FN4O/c1-10-6-14(19-18-10)15(21)17-12-7-11(16)8-13(9-12)20-4-2-3-5-20/h6-9H,2-5H2,1H3,(H,17,21)(H,18,19). The number of aryl methyl sites for hydroxylation is 1. The second-order valence-corrected chi connectivity index (χ2v) is 5.28. The minimum atomic E-state index is -0.354. The molecule has 0 unspecified atom stereocenters. The number of aromatic nitrogens is 2. The molecule has 0 bridgehead atoms. The summed E-state index contributed by atoms with van der Waals surface area (Å²) in [7, 11) is 0. The van der Waals surface area contributed by atoms with Crippen molar-refractivity contribution >= 4 is 17.3 Å². The molecule has 0 aliphatic carbocycles. The third-order valence-corrected chi connectivity index (χ3v) is 3.55. The van der Waals surface area contributed by atoms with Gasteiger partial charge in [0.2, 0.25) is 0 Å².